The van der Waals surface area contributed by atoms with Gasteiger partial charge >= 0.3 is 11.9 Å². The molecule has 190 valence electrons. The van der Waals surface area contributed by atoms with Gasteiger partial charge in [-0.25, -0.2) is 9.59 Å². The van der Waals surface area contributed by atoms with Gasteiger partial charge in [0, 0.05) is 80.7 Å². The molecule has 0 unspecified atom stereocenters. The maximum atomic E-state index is 12.8. The Morgan fingerprint density at radius 1 is 0.974 bits per heavy atom. The summed E-state index contributed by atoms with van der Waals surface area (Å²) in [6.45, 7) is 1.28. The van der Waals surface area contributed by atoms with Gasteiger partial charge in [-0.2, -0.15) is 0 Å². The van der Waals surface area contributed by atoms with Gasteiger partial charge in [0.15, 0.2) is 5.75 Å². The Bertz CT molecular complexity index is 1720. The van der Waals surface area contributed by atoms with Crippen LogP contribution < -0.4 is 4.74 Å². The number of ether oxygens (including phenoxy) is 1. The number of aliphatic hydroxyl groups is 1. The van der Waals surface area contributed by atoms with Crippen LogP contribution in [0.25, 0.3) is 34.0 Å². The van der Waals surface area contributed by atoms with E-state index in [9.17, 15) is 19.8 Å². The Labute approximate surface area is 217 Å². The van der Waals surface area contributed by atoms with Crippen LogP contribution in [0.5, 0.6) is 5.75 Å². The van der Waals surface area contributed by atoms with Gasteiger partial charge in [-0.3, -0.25) is 4.98 Å². The van der Waals surface area contributed by atoms with Gasteiger partial charge in [-0.15, -0.1) is 0 Å². The van der Waals surface area contributed by atoms with Crippen molar-refractivity contribution in [2.24, 2.45) is 0 Å². The maximum Gasteiger partial charge on any atom is 0.336 e. The Morgan fingerprint density at radius 2 is 1.61 bits per heavy atom. The number of esters is 1. The van der Waals surface area contributed by atoms with Crippen molar-refractivity contribution < 1.29 is 24.5 Å². The summed E-state index contributed by atoms with van der Waals surface area (Å²) in [6.07, 6.45) is 9.48. The van der Waals surface area contributed by atoms with E-state index >= 15 is 0 Å². The normalized spacial score (nSPS) is 12.0. The largest absolute Gasteiger partial charge is 0.478 e. The fourth-order valence-corrected chi connectivity index (χ4v) is 4.45. The lowest BCUT2D eigenvalue weighted by Crippen LogP contribution is -2.13. The van der Waals surface area contributed by atoms with Gasteiger partial charge in [0.2, 0.25) is 0 Å². The number of carboxylic acids is 1. The summed E-state index contributed by atoms with van der Waals surface area (Å²) < 4.78 is 5.68. The number of aryl methyl sites for hydroxylation is 1. The number of para-hydroxylation sites is 2. The van der Waals surface area contributed by atoms with Crippen LogP contribution in [0.4, 0.5) is 0 Å². The number of aliphatic hydroxyl groups excluding tert-OH is 1. The second-order valence-corrected chi connectivity index (χ2v) is 8.82. The Balaban J connectivity index is 1.47. The maximum absolute atomic E-state index is 12.8. The van der Waals surface area contributed by atoms with E-state index in [1.807, 2.05) is 48.5 Å². The van der Waals surface area contributed by atoms with Crippen LogP contribution in [0.1, 0.15) is 27.9 Å². The second kappa shape index (κ2) is 10.6. The van der Waals surface area contributed by atoms with Gasteiger partial charge in [0.25, 0.3) is 0 Å². The van der Waals surface area contributed by atoms with Crippen LogP contribution in [0, 0.1) is 6.92 Å². The number of aromatic nitrogens is 3. The first-order valence-electron chi connectivity index (χ1n) is 12.0. The van der Waals surface area contributed by atoms with Crippen molar-refractivity contribution in [2.45, 2.75) is 20.0 Å². The van der Waals surface area contributed by atoms with Gasteiger partial charge in [-0.1, -0.05) is 36.4 Å². The molecule has 0 aliphatic heterocycles. The van der Waals surface area contributed by atoms with Crippen LogP contribution in [0.3, 0.4) is 0 Å². The minimum atomic E-state index is -1.12. The fourth-order valence-electron chi connectivity index (χ4n) is 4.45. The van der Waals surface area contributed by atoms with Crippen molar-refractivity contribution in [3.63, 3.8) is 0 Å². The molecule has 3 heterocycles. The summed E-state index contributed by atoms with van der Waals surface area (Å²) in [5.41, 5.74) is 4.62. The smallest absolute Gasteiger partial charge is 0.336 e. The number of pyridine rings is 1. The fraction of sp³-hybridized carbons (Fsp3) is 0.100. The zero-order chi connectivity index (χ0) is 26.6. The number of nitrogens with one attached hydrogen (secondary N) is 2. The van der Waals surface area contributed by atoms with E-state index in [-0.39, 0.29) is 17.7 Å². The van der Waals surface area contributed by atoms with Gasteiger partial charge in [0.1, 0.15) is 0 Å². The predicted molar refractivity (Wildman–Crippen MR) is 145 cm³/mol. The van der Waals surface area contributed by atoms with E-state index in [0.717, 1.165) is 32.9 Å². The van der Waals surface area contributed by atoms with Crippen molar-refractivity contribution in [3.05, 3.63) is 107 Å². The second-order valence-electron chi connectivity index (χ2n) is 8.82. The topological polar surface area (TPSA) is 128 Å². The molecule has 0 fully saturated rings. The van der Waals surface area contributed by atoms with Crippen LogP contribution in [0.2, 0.25) is 0 Å². The first-order valence-corrected chi connectivity index (χ1v) is 12.0. The molecule has 0 atom stereocenters. The van der Waals surface area contributed by atoms with E-state index in [2.05, 4.69) is 15.0 Å². The first kappa shape index (κ1) is 24.7. The number of H-pyrrole nitrogens is 2. The SMILES string of the molecule is Cc1ncc(CO)c(C/C(=C\c2c[nH]c3ccccc23)C(=O)O)c1OC(=O)/C=C/c1c[nH]c2ccccc12. The predicted octanol–water partition coefficient (Wildman–Crippen LogP) is 5.17. The number of aliphatic carboxylic acids is 1. The number of rotatable bonds is 8. The minimum Gasteiger partial charge on any atom is -0.478 e. The third kappa shape index (κ3) is 4.98. The number of hydrogen-bond acceptors (Lipinski definition) is 5. The van der Waals surface area contributed by atoms with Crippen LogP contribution >= 0.6 is 0 Å². The molecule has 4 N–H and O–H groups in total. The molecule has 0 amide bonds. The quantitative estimate of drug-likeness (QED) is 0.169. The molecular weight excluding hydrogens is 482 g/mol. The molecule has 0 saturated heterocycles. The highest BCUT2D eigenvalue weighted by Crippen LogP contribution is 2.30. The molecule has 8 heteroatoms. The van der Waals surface area contributed by atoms with Crippen molar-refractivity contribution in [3.8, 4) is 5.75 Å². The van der Waals surface area contributed by atoms with Crippen LogP contribution in [0.15, 0.2) is 78.8 Å². The van der Waals surface area contributed by atoms with E-state index in [4.69, 9.17) is 4.74 Å². The number of aromatic amines is 2. The van der Waals surface area contributed by atoms with Crippen molar-refractivity contribution in [2.75, 3.05) is 0 Å². The van der Waals surface area contributed by atoms with Crippen molar-refractivity contribution in [1.29, 1.82) is 0 Å². The highest BCUT2D eigenvalue weighted by molar-refractivity contribution is 5.98. The number of hydrogen-bond donors (Lipinski definition) is 4. The lowest BCUT2D eigenvalue weighted by molar-refractivity contribution is -0.132. The zero-order valence-electron chi connectivity index (χ0n) is 20.6. The molecule has 8 nitrogen and oxygen atoms in total. The summed E-state index contributed by atoms with van der Waals surface area (Å²) in [7, 11) is 0. The molecule has 0 bridgehead atoms. The van der Waals surface area contributed by atoms with E-state index in [1.54, 1.807) is 31.5 Å². The lowest BCUT2D eigenvalue weighted by Gasteiger charge is -2.15. The molecule has 5 rings (SSSR count). The van der Waals surface area contributed by atoms with E-state index in [0.29, 0.717) is 16.8 Å². The van der Waals surface area contributed by atoms with E-state index in [1.165, 1.54) is 12.3 Å². The number of carbonyl (C=O) groups excluding carboxylic acids is 1. The first-order chi connectivity index (χ1) is 18.4. The molecule has 38 heavy (non-hydrogen) atoms. The summed E-state index contributed by atoms with van der Waals surface area (Å²) in [5, 5.41) is 21.8. The van der Waals surface area contributed by atoms with E-state index < -0.39 is 18.5 Å². The summed E-state index contributed by atoms with van der Waals surface area (Å²) >= 11 is 0. The zero-order valence-corrected chi connectivity index (χ0v) is 20.6. The number of carbonyl (C=O) groups is 2. The Kier molecular flexibility index (Phi) is 6.88. The summed E-state index contributed by atoms with van der Waals surface area (Å²) in [5.74, 6) is -1.63. The van der Waals surface area contributed by atoms with Crippen molar-refractivity contribution in [1.82, 2.24) is 15.0 Å². The number of benzene rings is 2. The third-order valence-corrected chi connectivity index (χ3v) is 6.39. The molecule has 2 aromatic carbocycles. The van der Waals surface area contributed by atoms with Crippen LogP contribution in [-0.2, 0) is 22.6 Å². The molecule has 3 aromatic heterocycles. The molecule has 0 aliphatic rings. The molecule has 0 radical (unpaired) electrons. The number of carboxylic acid groups (broad SMARTS) is 1. The van der Waals surface area contributed by atoms with Crippen LogP contribution in [-0.4, -0.2) is 37.1 Å². The minimum absolute atomic E-state index is 0.0710. The average molecular weight is 508 g/mol. The highest BCUT2D eigenvalue weighted by Gasteiger charge is 2.20. The van der Waals surface area contributed by atoms with Gasteiger partial charge in [0.05, 0.1) is 12.3 Å². The monoisotopic (exact) mass is 507 g/mol. The summed E-state index contributed by atoms with van der Waals surface area (Å²) in [6, 6.07) is 15.3. The number of fused-ring (bicyclic) bond motifs is 2. The van der Waals surface area contributed by atoms with Gasteiger partial charge in [-0.05, 0) is 31.2 Å². The Hall–Kier alpha value is -4.95. The summed E-state index contributed by atoms with van der Waals surface area (Å²) in [4.78, 5) is 35.6. The molecule has 0 spiro atoms. The highest BCUT2D eigenvalue weighted by atomic mass is 16.5. The van der Waals surface area contributed by atoms with Gasteiger partial charge < -0.3 is 24.9 Å². The molecule has 0 aliphatic carbocycles. The Morgan fingerprint density at radius 3 is 2.26 bits per heavy atom. The standard InChI is InChI=1S/C30H25N3O5/c1-18-29(38-28(35)11-10-19-14-32-26-8-4-2-6-23(19)26)25(22(17-34)16-31-18)13-20(30(36)37)12-21-15-33-27-9-5-3-7-24(21)27/h2-12,14-16,32-34H,13,17H2,1H3,(H,36,37)/b11-10+,20-12+. The molecule has 0 saturated carbocycles. The third-order valence-electron chi connectivity index (χ3n) is 6.39. The molecular formula is C30H25N3O5. The van der Waals surface area contributed by atoms with Crippen molar-refractivity contribution >= 4 is 45.9 Å². The lowest BCUT2D eigenvalue weighted by atomic mass is 9.98. The average Bonchev–Trinajstić information content (AvgIpc) is 3.53. The number of nitrogens with zero attached hydrogens (tertiary/aromatic N) is 1. The molecule has 5 aromatic rings.